The molecular formula is C18H34NO3-. The summed E-state index contributed by atoms with van der Waals surface area (Å²) in [7, 11) is 0. The number of nitrogens with zero attached hydrogens (tertiary/aromatic N) is 1. The van der Waals surface area contributed by atoms with Crippen LogP contribution < -0.4 is 5.11 Å². The van der Waals surface area contributed by atoms with Gasteiger partial charge in [0.1, 0.15) is 0 Å². The minimum Gasteiger partial charge on any atom is -0.550 e. The van der Waals surface area contributed by atoms with Gasteiger partial charge in [-0.25, -0.2) is 0 Å². The number of carbonyl (C=O) groups is 1. The molecule has 2 aliphatic rings. The molecule has 0 bridgehead atoms. The third-order valence-electron chi connectivity index (χ3n) is 4.54. The third kappa shape index (κ3) is 8.74. The van der Waals surface area contributed by atoms with Crippen LogP contribution >= 0.6 is 0 Å². The second-order valence-electron chi connectivity index (χ2n) is 6.91. The van der Waals surface area contributed by atoms with E-state index in [0.717, 1.165) is 26.1 Å². The average Bonchev–Trinajstić information content (AvgIpc) is 2.43. The van der Waals surface area contributed by atoms with Gasteiger partial charge in [-0.15, -0.1) is 0 Å². The molecule has 2 rings (SSSR count). The SMILES string of the molecule is CC(=O)[O-].CC1CN(C2CCCCCCCCC2)CC(C)O1. The number of ether oxygens (including phenoxy) is 1. The van der Waals surface area contributed by atoms with Crippen molar-refractivity contribution in [2.24, 2.45) is 0 Å². The van der Waals surface area contributed by atoms with Gasteiger partial charge in [-0.05, 0) is 33.6 Å². The Balaban J connectivity index is 0.000000541. The van der Waals surface area contributed by atoms with E-state index in [1.807, 2.05) is 0 Å². The first-order chi connectivity index (χ1) is 10.5. The minimum absolute atomic E-state index is 0.421. The normalized spacial score (nSPS) is 29.2. The number of rotatable bonds is 1. The molecule has 1 heterocycles. The molecule has 1 saturated heterocycles. The molecule has 0 N–H and O–H groups in total. The van der Waals surface area contributed by atoms with Crippen LogP contribution in [0.3, 0.4) is 0 Å². The lowest BCUT2D eigenvalue weighted by Gasteiger charge is -2.40. The summed E-state index contributed by atoms with van der Waals surface area (Å²) in [6.45, 7) is 7.72. The molecule has 0 aromatic heterocycles. The van der Waals surface area contributed by atoms with Crippen LogP contribution in [0.5, 0.6) is 0 Å². The van der Waals surface area contributed by atoms with E-state index in [-0.39, 0.29) is 0 Å². The highest BCUT2D eigenvalue weighted by atomic mass is 16.5. The molecule has 130 valence electrons. The molecule has 1 aliphatic carbocycles. The summed E-state index contributed by atoms with van der Waals surface area (Å²) in [4.78, 5) is 11.6. The van der Waals surface area contributed by atoms with Gasteiger partial charge >= 0.3 is 0 Å². The standard InChI is InChI=1S/C16H31NO.C2H4O2/c1-14-12-17(13-15(2)18-14)16-10-8-6-4-3-5-7-9-11-16;1-2(3)4/h14-16H,3-13H2,1-2H3;1H3,(H,3,4)/p-1. The summed E-state index contributed by atoms with van der Waals surface area (Å²) in [5.41, 5.74) is 0. The number of morpholine rings is 1. The van der Waals surface area contributed by atoms with Crippen LogP contribution in [-0.2, 0) is 9.53 Å². The lowest BCUT2D eigenvalue weighted by Crippen LogP contribution is -2.50. The van der Waals surface area contributed by atoms with Crippen molar-refractivity contribution in [1.82, 2.24) is 4.90 Å². The summed E-state index contributed by atoms with van der Waals surface area (Å²) in [6, 6.07) is 0.830. The maximum atomic E-state index is 8.89. The second-order valence-corrected chi connectivity index (χ2v) is 6.91. The van der Waals surface area contributed by atoms with Crippen molar-refractivity contribution in [3.8, 4) is 0 Å². The highest BCUT2D eigenvalue weighted by Crippen LogP contribution is 2.23. The predicted octanol–water partition coefficient (Wildman–Crippen LogP) is 2.74. The maximum absolute atomic E-state index is 8.89. The van der Waals surface area contributed by atoms with E-state index in [1.54, 1.807) is 0 Å². The van der Waals surface area contributed by atoms with E-state index < -0.39 is 5.97 Å². The van der Waals surface area contributed by atoms with Gasteiger partial charge in [-0.2, -0.15) is 0 Å². The number of hydrogen-bond donors (Lipinski definition) is 0. The van der Waals surface area contributed by atoms with Crippen LogP contribution in [-0.4, -0.2) is 42.2 Å². The fourth-order valence-electron chi connectivity index (χ4n) is 3.67. The molecule has 22 heavy (non-hydrogen) atoms. The van der Waals surface area contributed by atoms with Crippen molar-refractivity contribution in [1.29, 1.82) is 0 Å². The van der Waals surface area contributed by atoms with Gasteiger partial charge in [0.25, 0.3) is 0 Å². The fraction of sp³-hybridized carbons (Fsp3) is 0.944. The topological polar surface area (TPSA) is 52.6 Å². The lowest BCUT2D eigenvalue weighted by molar-refractivity contribution is -0.302. The number of carbonyl (C=O) groups excluding carboxylic acids is 1. The number of aliphatic carboxylic acids is 1. The smallest absolute Gasteiger partial charge is 0.0678 e. The molecule has 1 saturated carbocycles. The average molecular weight is 312 g/mol. The molecule has 0 spiro atoms. The Hall–Kier alpha value is -0.610. The zero-order valence-electron chi connectivity index (χ0n) is 14.7. The van der Waals surface area contributed by atoms with Gasteiger partial charge < -0.3 is 14.6 Å². The van der Waals surface area contributed by atoms with E-state index in [4.69, 9.17) is 14.6 Å². The van der Waals surface area contributed by atoms with Crippen molar-refractivity contribution < 1.29 is 14.6 Å². The Morgan fingerprint density at radius 1 is 0.909 bits per heavy atom. The summed E-state index contributed by atoms with van der Waals surface area (Å²) < 4.78 is 5.87. The number of carboxylic acid groups (broad SMARTS) is 1. The van der Waals surface area contributed by atoms with Gasteiger partial charge in [0, 0.05) is 25.1 Å². The summed E-state index contributed by atoms with van der Waals surface area (Å²) >= 11 is 0. The maximum Gasteiger partial charge on any atom is 0.0678 e. The van der Waals surface area contributed by atoms with Crippen LogP contribution in [0, 0.1) is 0 Å². The van der Waals surface area contributed by atoms with E-state index >= 15 is 0 Å². The van der Waals surface area contributed by atoms with Gasteiger partial charge in [0.2, 0.25) is 0 Å². The summed E-state index contributed by atoms with van der Waals surface area (Å²) in [6.07, 6.45) is 13.8. The first-order valence-electron chi connectivity index (χ1n) is 9.06. The monoisotopic (exact) mass is 312 g/mol. The highest BCUT2D eigenvalue weighted by molar-refractivity contribution is 5.60. The van der Waals surface area contributed by atoms with Crippen LogP contribution in [0.15, 0.2) is 0 Å². The van der Waals surface area contributed by atoms with Crippen molar-refractivity contribution >= 4 is 5.97 Å². The molecule has 0 radical (unpaired) electrons. The molecule has 2 unspecified atom stereocenters. The lowest BCUT2D eigenvalue weighted by atomic mass is 9.95. The van der Waals surface area contributed by atoms with Gasteiger partial charge in [-0.1, -0.05) is 44.9 Å². The number of carboxylic acids is 1. The Bertz CT molecular complexity index is 285. The van der Waals surface area contributed by atoms with Crippen LogP contribution in [0.4, 0.5) is 0 Å². The van der Waals surface area contributed by atoms with Gasteiger partial charge in [0.05, 0.1) is 12.2 Å². The minimum atomic E-state index is -1.08. The summed E-state index contributed by atoms with van der Waals surface area (Å²) in [5.74, 6) is -1.08. The zero-order valence-corrected chi connectivity index (χ0v) is 14.7. The third-order valence-corrected chi connectivity index (χ3v) is 4.54. The Morgan fingerprint density at radius 3 is 1.68 bits per heavy atom. The number of hydrogen-bond acceptors (Lipinski definition) is 4. The Kier molecular flexibility index (Phi) is 9.73. The zero-order chi connectivity index (χ0) is 16.4. The molecule has 2 atom stereocenters. The van der Waals surface area contributed by atoms with Crippen LogP contribution in [0.2, 0.25) is 0 Å². The Morgan fingerprint density at radius 2 is 1.27 bits per heavy atom. The van der Waals surface area contributed by atoms with E-state index in [0.29, 0.717) is 12.2 Å². The molecule has 2 fully saturated rings. The van der Waals surface area contributed by atoms with Crippen molar-refractivity contribution in [2.75, 3.05) is 13.1 Å². The fourth-order valence-corrected chi connectivity index (χ4v) is 3.67. The predicted molar refractivity (Wildman–Crippen MR) is 87.6 cm³/mol. The first kappa shape index (κ1) is 19.4. The van der Waals surface area contributed by atoms with Gasteiger partial charge in [-0.3, -0.25) is 4.90 Å². The van der Waals surface area contributed by atoms with E-state index in [1.165, 1.54) is 57.8 Å². The van der Waals surface area contributed by atoms with E-state index in [2.05, 4.69) is 18.7 Å². The van der Waals surface area contributed by atoms with Crippen molar-refractivity contribution in [3.63, 3.8) is 0 Å². The molecule has 4 heteroatoms. The van der Waals surface area contributed by atoms with Crippen molar-refractivity contribution in [3.05, 3.63) is 0 Å². The Labute approximate surface area is 136 Å². The largest absolute Gasteiger partial charge is 0.550 e. The first-order valence-corrected chi connectivity index (χ1v) is 9.06. The van der Waals surface area contributed by atoms with Crippen LogP contribution in [0.1, 0.15) is 78.6 Å². The molecule has 0 amide bonds. The molecule has 0 aromatic rings. The molecule has 4 nitrogen and oxygen atoms in total. The second kappa shape index (κ2) is 11.0. The van der Waals surface area contributed by atoms with Crippen molar-refractivity contribution in [2.45, 2.75) is 96.8 Å². The quantitative estimate of drug-likeness (QED) is 0.747. The molecule has 0 aromatic carbocycles. The van der Waals surface area contributed by atoms with Crippen LogP contribution in [0.25, 0.3) is 0 Å². The molecule has 1 aliphatic heterocycles. The summed E-state index contributed by atoms with van der Waals surface area (Å²) in [5, 5.41) is 8.89. The van der Waals surface area contributed by atoms with E-state index in [9.17, 15) is 0 Å². The van der Waals surface area contributed by atoms with Gasteiger partial charge in [0.15, 0.2) is 0 Å². The highest BCUT2D eigenvalue weighted by Gasteiger charge is 2.27. The molecular weight excluding hydrogens is 278 g/mol.